The number of hydrogen-bond donors (Lipinski definition) is 3. The molecule has 130 valence electrons. The van der Waals surface area contributed by atoms with Crippen LogP contribution in [0.15, 0.2) is 0 Å². The van der Waals surface area contributed by atoms with Gasteiger partial charge >= 0.3 is 6.09 Å². The number of aliphatic hydroxyl groups excluding tert-OH is 1. The van der Waals surface area contributed by atoms with E-state index in [0.717, 1.165) is 6.42 Å². The Morgan fingerprint density at radius 2 is 2.09 bits per heavy atom. The van der Waals surface area contributed by atoms with E-state index in [1.807, 2.05) is 0 Å². The van der Waals surface area contributed by atoms with Crippen LogP contribution in [0, 0.1) is 0 Å². The van der Waals surface area contributed by atoms with E-state index >= 15 is 0 Å². The molecular formula is C15H25N3O5. The molecule has 0 aromatic heterocycles. The highest BCUT2D eigenvalue weighted by Crippen LogP contribution is 2.34. The number of nitrogens with one attached hydrogen (secondary N) is 2. The first-order chi connectivity index (χ1) is 10.6. The molecule has 2 fully saturated rings. The Balaban J connectivity index is 2.10. The molecule has 3 atom stereocenters. The molecule has 2 heterocycles. The van der Waals surface area contributed by atoms with E-state index in [0.29, 0.717) is 19.5 Å². The minimum atomic E-state index is -1.15. The standard InChI is InChI=1S/C15H25N3O5/c1-9(19)10(17-13(22)23-14(2,3)4)11(20)18-7-5-6-15(18)8-16-12(15)21/h9-10,19H,5-8H2,1-4H3,(H,16,21)(H,17,22)/t9-,10+,15?/m1/s1. The van der Waals surface area contributed by atoms with Crippen molar-refractivity contribution in [3.63, 3.8) is 0 Å². The van der Waals surface area contributed by atoms with Gasteiger partial charge in [0, 0.05) is 13.1 Å². The molecule has 2 aliphatic heterocycles. The smallest absolute Gasteiger partial charge is 0.408 e. The maximum absolute atomic E-state index is 12.8. The number of likely N-dealkylation sites (tertiary alicyclic amines) is 1. The molecule has 1 spiro atoms. The lowest BCUT2D eigenvalue weighted by molar-refractivity contribution is -0.154. The summed E-state index contributed by atoms with van der Waals surface area (Å²) in [6, 6.07) is -1.15. The third-order valence-corrected chi connectivity index (χ3v) is 4.14. The monoisotopic (exact) mass is 327 g/mol. The lowest BCUT2D eigenvalue weighted by atomic mass is 9.87. The van der Waals surface area contributed by atoms with E-state index in [9.17, 15) is 19.5 Å². The van der Waals surface area contributed by atoms with E-state index in [-0.39, 0.29) is 5.91 Å². The summed E-state index contributed by atoms with van der Waals surface area (Å²) in [6.45, 7) is 7.39. The highest BCUT2D eigenvalue weighted by Gasteiger charge is 2.56. The second kappa shape index (κ2) is 5.99. The molecule has 23 heavy (non-hydrogen) atoms. The van der Waals surface area contributed by atoms with Crippen LogP contribution in [-0.4, -0.2) is 64.3 Å². The van der Waals surface area contributed by atoms with Crippen LogP contribution >= 0.6 is 0 Å². The fourth-order valence-corrected chi connectivity index (χ4v) is 2.98. The highest BCUT2D eigenvalue weighted by atomic mass is 16.6. The molecule has 8 heteroatoms. The van der Waals surface area contributed by atoms with Crippen LogP contribution < -0.4 is 10.6 Å². The summed E-state index contributed by atoms with van der Waals surface area (Å²) < 4.78 is 5.13. The first-order valence-corrected chi connectivity index (χ1v) is 7.84. The molecule has 0 aromatic carbocycles. The van der Waals surface area contributed by atoms with Crippen LogP contribution in [-0.2, 0) is 14.3 Å². The Bertz CT molecular complexity index is 514. The number of amides is 3. The van der Waals surface area contributed by atoms with Crippen molar-refractivity contribution in [1.29, 1.82) is 0 Å². The third kappa shape index (κ3) is 3.41. The summed E-state index contributed by atoms with van der Waals surface area (Å²) >= 11 is 0. The number of rotatable bonds is 3. The van der Waals surface area contributed by atoms with Gasteiger partial charge in [-0.1, -0.05) is 0 Å². The minimum absolute atomic E-state index is 0.176. The summed E-state index contributed by atoms with van der Waals surface area (Å²) in [5.41, 5.74) is -1.53. The Labute approximate surface area is 135 Å². The van der Waals surface area contributed by atoms with Crippen LogP contribution in [0.1, 0.15) is 40.5 Å². The highest BCUT2D eigenvalue weighted by molar-refractivity contribution is 5.98. The average Bonchev–Trinajstić information content (AvgIpc) is 2.87. The Morgan fingerprint density at radius 1 is 1.43 bits per heavy atom. The summed E-state index contributed by atoms with van der Waals surface area (Å²) in [6.07, 6.45) is -0.555. The molecule has 2 aliphatic rings. The van der Waals surface area contributed by atoms with Crippen LogP contribution in [0.5, 0.6) is 0 Å². The lowest BCUT2D eigenvalue weighted by Gasteiger charge is -2.45. The summed E-state index contributed by atoms with van der Waals surface area (Å²) in [7, 11) is 0. The first kappa shape index (κ1) is 17.5. The van der Waals surface area contributed by atoms with Gasteiger partial charge in [-0.05, 0) is 40.5 Å². The molecule has 0 aromatic rings. The fourth-order valence-electron chi connectivity index (χ4n) is 2.98. The zero-order chi connectivity index (χ0) is 17.4. The van der Waals surface area contributed by atoms with Crippen molar-refractivity contribution in [1.82, 2.24) is 15.5 Å². The molecule has 3 N–H and O–H groups in total. The molecule has 2 rings (SSSR count). The van der Waals surface area contributed by atoms with Gasteiger partial charge in [0.1, 0.15) is 17.2 Å². The predicted octanol–water partition coefficient (Wildman–Crippen LogP) is -0.248. The first-order valence-electron chi connectivity index (χ1n) is 7.84. The van der Waals surface area contributed by atoms with E-state index in [2.05, 4.69) is 10.6 Å². The zero-order valence-corrected chi connectivity index (χ0v) is 14.0. The van der Waals surface area contributed by atoms with Crippen molar-refractivity contribution in [3.8, 4) is 0 Å². The predicted molar refractivity (Wildman–Crippen MR) is 81.5 cm³/mol. The number of nitrogens with zero attached hydrogens (tertiary/aromatic N) is 1. The number of hydrogen-bond acceptors (Lipinski definition) is 5. The van der Waals surface area contributed by atoms with Gasteiger partial charge in [-0.2, -0.15) is 0 Å². The Kier molecular flexibility index (Phi) is 4.57. The van der Waals surface area contributed by atoms with Gasteiger partial charge in [0.05, 0.1) is 6.10 Å². The number of alkyl carbamates (subject to hydrolysis) is 1. The maximum Gasteiger partial charge on any atom is 0.408 e. The zero-order valence-electron chi connectivity index (χ0n) is 14.0. The Morgan fingerprint density at radius 3 is 2.52 bits per heavy atom. The van der Waals surface area contributed by atoms with Crippen molar-refractivity contribution >= 4 is 17.9 Å². The molecule has 0 radical (unpaired) electrons. The quantitative estimate of drug-likeness (QED) is 0.620. The molecule has 0 bridgehead atoms. The van der Waals surface area contributed by atoms with Crippen molar-refractivity contribution in [2.45, 2.75) is 63.8 Å². The lowest BCUT2D eigenvalue weighted by Crippen LogP contribution is -2.73. The second-order valence-corrected chi connectivity index (χ2v) is 7.17. The van der Waals surface area contributed by atoms with Crippen LogP contribution in [0.25, 0.3) is 0 Å². The fraction of sp³-hybridized carbons (Fsp3) is 0.800. The van der Waals surface area contributed by atoms with E-state index < -0.39 is 35.3 Å². The van der Waals surface area contributed by atoms with Gasteiger partial charge in [-0.15, -0.1) is 0 Å². The molecule has 3 amide bonds. The van der Waals surface area contributed by atoms with Gasteiger partial charge < -0.3 is 25.4 Å². The molecule has 2 saturated heterocycles. The SMILES string of the molecule is C[C@@H](O)[C@H](NC(=O)OC(C)(C)C)C(=O)N1CCCC12CNC2=O. The number of β-lactam (4-membered cyclic amide) rings is 1. The minimum Gasteiger partial charge on any atom is -0.444 e. The summed E-state index contributed by atoms with van der Waals surface area (Å²) in [5.74, 6) is -0.636. The van der Waals surface area contributed by atoms with Crippen LogP contribution in [0.2, 0.25) is 0 Å². The van der Waals surface area contributed by atoms with E-state index in [4.69, 9.17) is 4.74 Å². The molecule has 8 nitrogen and oxygen atoms in total. The molecule has 1 unspecified atom stereocenters. The summed E-state index contributed by atoms with van der Waals surface area (Å²) in [4.78, 5) is 38.0. The molecule has 0 aliphatic carbocycles. The number of aliphatic hydroxyl groups is 1. The topological polar surface area (TPSA) is 108 Å². The second-order valence-electron chi connectivity index (χ2n) is 7.17. The van der Waals surface area contributed by atoms with Crippen molar-refractivity contribution in [2.24, 2.45) is 0 Å². The third-order valence-electron chi connectivity index (χ3n) is 4.14. The number of ether oxygens (including phenoxy) is 1. The van der Waals surface area contributed by atoms with Gasteiger partial charge in [-0.25, -0.2) is 4.79 Å². The average molecular weight is 327 g/mol. The normalized spacial score (nSPS) is 26.3. The summed E-state index contributed by atoms with van der Waals surface area (Å²) in [5, 5.41) is 15.0. The Hall–Kier alpha value is -1.83. The molecular weight excluding hydrogens is 302 g/mol. The van der Waals surface area contributed by atoms with Crippen molar-refractivity contribution < 1.29 is 24.2 Å². The van der Waals surface area contributed by atoms with Gasteiger partial charge in [0.25, 0.3) is 0 Å². The van der Waals surface area contributed by atoms with Gasteiger partial charge in [-0.3, -0.25) is 9.59 Å². The van der Waals surface area contributed by atoms with Crippen LogP contribution in [0.3, 0.4) is 0 Å². The molecule has 0 saturated carbocycles. The van der Waals surface area contributed by atoms with Crippen molar-refractivity contribution in [2.75, 3.05) is 13.1 Å². The van der Waals surface area contributed by atoms with Gasteiger partial charge in [0.2, 0.25) is 11.8 Å². The van der Waals surface area contributed by atoms with E-state index in [1.165, 1.54) is 11.8 Å². The number of carbonyl (C=O) groups is 3. The van der Waals surface area contributed by atoms with E-state index in [1.54, 1.807) is 20.8 Å². The van der Waals surface area contributed by atoms with Crippen molar-refractivity contribution in [3.05, 3.63) is 0 Å². The van der Waals surface area contributed by atoms with Gasteiger partial charge in [0.15, 0.2) is 0 Å². The maximum atomic E-state index is 12.8. The van der Waals surface area contributed by atoms with Crippen LogP contribution in [0.4, 0.5) is 4.79 Å². The number of carbonyl (C=O) groups excluding carboxylic acids is 3. The largest absolute Gasteiger partial charge is 0.444 e.